The van der Waals surface area contributed by atoms with Crippen LogP contribution in [0.2, 0.25) is 13.1 Å². The van der Waals surface area contributed by atoms with Crippen molar-refractivity contribution in [3.63, 3.8) is 0 Å². The summed E-state index contributed by atoms with van der Waals surface area (Å²) in [4.78, 5) is 21.5. The van der Waals surface area contributed by atoms with Crippen molar-refractivity contribution in [1.82, 2.24) is 0 Å². The van der Waals surface area contributed by atoms with Crippen molar-refractivity contribution in [3.05, 3.63) is 47.5 Å². The summed E-state index contributed by atoms with van der Waals surface area (Å²) in [5.41, 5.74) is 5.50. The van der Waals surface area contributed by atoms with Gasteiger partial charge in [0.05, 0.1) is 5.71 Å². The van der Waals surface area contributed by atoms with E-state index >= 15 is 0 Å². The number of anilines is 2. The number of carbonyl (C=O) groups excluding carboxylic acids is 1. The molecule has 0 atom stereocenters. The van der Waals surface area contributed by atoms with Crippen LogP contribution in [-0.2, 0) is 9.53 Å². The first-order valence-electron chi connectivity index (χ1n) is 11.7. The number of nitrogens with zero attached hydrogens (tertiary/aromatic N) is 3. The van der Waals surface area contributed by atoms with E-state index in [-0.39, 0.29) is 5.97 Å². The summed E-state index contributed by atoms with van der Waals surface area (Å²) in [6.45, 7) is 11.2. The quantitative estimate of drug-likeness (QED) is 0.369. The van der Waals surface area contributed by atoms with Gasteiger partial charge in [-0.1, -0.05) is 25.2 Å². The van der Waals surface area contributed by atoms with Crippen LogP contribution in [0.4, 0.5) is 11.4 Å². The van der Waals surface area contributed by atoms with Gasteiger partial charge < -0.3 is 14.5 Å². The molecule has 33 heavy (non-hydrogen) atoms. The van der Waals surface area contributed by atoms with E-state index in [0.717, 1.165) is 5.71 Å². The lowest BCUT2D eigenvalue weighted by Crippen LogP contribution is -2.60. The van der Waals surface area contributed by atoms with Gasteiger partial charge in [0.15, 0.2) is 0 Å². The molecule has 6 heteroatoms. The number of aliphatic imine (C=N–C) groups is 1. The molecule has 1 aliphatic heterocycles. The number of rotatable bonds is 6. The van der Waals surface area contributed by atoms with E-state index in [1.54, 1.807) is 0 Å². The highest BCUT2D eigenvalue weighted by Gasteiger charge is 2.38. The molecule has 2 aromatic rings. The summed E-state index contributed by atoms with van der Waals surface area (Å²) in [6, 6.07) is 13.5. The number of carbonyl (C=O) groups is 1. The Morgan fingerprint density at radius 3 is 1.82 bits per heavy atom. The fourth-order valence-corrected chi connectivity index (χ4v) is 7.39. The molecule has 0 aromatic heterocycles. The molecule has 5 nitrogen and oxygen atoms in total. The van der Waals surface area contributed by atoms with Crippen LogP contribution in [0.1, 0.15) is 44.7 Å². The summed E-state index contributed by atoms with van der Waals surface area (Å²) in [5.74, 6) is -0.160. The van der Waals surface area contributed by atoms with Gasteiger partial charge in [0.1, 0.15) is 13.7 Å². The van der Waals surface area contributed by atoms with Crippen LogP contribution < -0.4 is 20.2 Å². The number of fused-ring (bicyclic) bond motifs is 2. The lowest BCUT2D eigenvalue weighted by molar-refractivity contribution is -0.154. The van der Waals surface area contributed by atoms with E-state index in [9.17, 15) is 4.79 Å². The number of benzene rings is 2. The third kappa shape index (κ3) is 5.49. The zero-order valence-electron chi connectivity index (χ0n) is 21.7. The predicted molar refractivity (Wildman–Crippen MR) is 144 cm³/mol. The molecule has 0 saturated heterocycles. The third-order valence-electron chi connectivity index (χ3n) is 6.12. The van der Waals surface area contributed by atoms with Crippen molar-refractivity contribution in [1.29, 1.82) is 0 Å². The Balaban J connectivity index is 2.00. The minimum atomic E-state index is -1.93. The largest absolute Gasteiger partial charge is 0.460 e. The molecule has 0 N–H and O–H groups in total. The van der Waals surface area contributed by atoms with Gasteiger partial charge in [-0.2, -0.15) is 0 Å². The van der Waals surface area contributed by atoms with E-state index in [1.807, 2.05) is 20.8 Å². The SMILES string of the molecule is CN(C)c1ccc2c(c1)[Si](C)(C)c1cc(N(C)C)ccc1C2=NCCCC(=O)OC(C)(C)C. The van der Waals surface area contributed by atoms with Crippen molar-refractivity contribution < 1.29 is 9.53 Å². The monoisotopic (exact) mass is 465 g/mol. The normalized spacial score (nSPS) is 14.3. The average molecular weight is 466 g/mol. The van der Waals surface area contributed by atoms with Crippen LogP contribution in [0.3, 0.4) is 0 Å². The summed E-state index contributed by atoms with van der Waals surface area (Å²) in [6.07, 6.45) is 1.06. The molecule has 0 bridgehead atoms. The first-order chi connectivity index (χ1) is 15.3. The van der Waals surface area contributed by atoms with Gasteiger partial charge in [-0.25, -0.2) is 0 Å². The number of ether oxygens (including phenoxy) is 1. The highest BCUT2D eigenvalue weighted by atomic mass is 28.3. The fourth-order valence-electron chi connectivity index (χ4n) is 4.34. The Labute approximate surface area is 200 Å². The van der Waals surface area contributed by atoms with E-state index in [2.05, 4.69) is 87.5 Å². The van der Waals surface area contributed by atoms with Gasteiger partial charge in [0, 0.05) is 63.7 Å². The maximum Gasteiger partial charge on any atom is 0.306 e. The van der Waals surface area contributed by atoms with Crippen LogP contribution in [-0.4, -0.2) is 60.1 Å². The second kappa shape index (κ2) is 9.33. The topological polar surface area (TPSA) is 45.1 Å². The predicted octanol–water partition coefficient (Wildman–Crippen LogP) is 3.91. The van der Waals surface area contributed by atoms with Crippen molar-refractivity contribution in [2.24, 2.45) is 4.99 Å². The Morgan fingerprint density at radius 2 is 1.39 bits per heavy atom. The van der Waals surface area contributed by atoms with Crippen LogP contribution in [0, 0.1) is 0 Å². The molecule has 0 unspecified atom stereocenters. The van der Waals surface area contributed by atoms with Crippen molar-refractivity contribution in [3.8, 4) is 0 Å². The highest BCUT2D eigenvalue weighted by molar-refractivity contribution is 7.02. The molecule has 0 aliphatic carbocycles. The van der Waals surface area contributed by atoms with E-state index in [4.69, 9.17) is 9.73 Å². The fraction of sp³-hybridized carbons (Fsp3) is 0.481. The Morgan fingerprint density at radius 1 is 0.909 bits per heavy atom. The zero-order chi connectivity index (χ0) is 24.6. The van der Waals surface area contributed by atoms with Crippen molar-refractivity contribution in [2.45, 2.75) is 52.3 Å². The second-order valence-electron chi connectivity index (χ2n) is 10.8. The van der Waals surface area contributed by atoms with Gasteiger partial charge >= 0.3 is 5.97 Å². The van der Waals surface area contributed by atoms with Crippen molar-refractivity contribution >= 4 is 41.5 Å². The number of hydrogen-bond donors (Lipinski definition) is 0. The first kappa shape index (κ1) is 25.0. The van der Waals surface area contributed by atoms with Crippen LogP contribution >= 0.6 is 0 Å². The minimum Gasteiger partial charge on any atom is -0.460 e. The molecule has 0 amide bonds. The standard InChI is InChI=1S/C27H39N3O2Si/c1-27(2,3)32-25(31)11-10-16-28-26-21-14-12-19(29(4)5)17-23(21)33(8,9)24-18-20(30(6)7)13-15-22(24)26/h12-15,17-18H,10-11,16H2,1-9H3. The summed E-state index contributed by atoms with van der Waals surface area (Å²) >= 11 is 0. The number of hydrogen-bond acceptors (Lipinski definition) is 5. The average Bonchev–Trinajstić information content (AvgIpc) is 2.71. The third-order valence-corrected chi connectivity index (χ3v) is 9.65. The maximum absolute atomic E-state index is 12.1. The van der Waals surface area contributed by atoms with E-state index in [1.165, 1.54) is 32.9 Å². The summed E-state index contributed by atoms with van der Waals surface area (Å²) in [7, 11) is 6.42. The Kier molecular flexibility index (Phi) is 7.08. The Bertz CT molecular complexity index is 1000. The molecule has 178 valence electrons. The molecule has 1 heterocycles. The van der Waals surface area contributed by atoms with Crippen LogP contribution in [0.25, 0.3) is 0 Å². The molecule has 2 aromatic carbocycles. The van der Waals surface area contributed by atoms with E-state index < -0.39 is 13.7 Å². The molecular weight excluding hydrogens is 426 g/mol. The van der Waals surface area contributed by atoms with Gasteiger partial charge in [0.25, 0.3) is 0 Å². The molecule has 1 aliphatic rings. The van der Waals surface area contributed by atoms with Gasteiger partial charge in [-0.05, 0) is 61.8 Å². The molecule has 3 rings (SSSR count). The molecule has 0 radical (unpaired) electrons. The molecular formula is C27H39N3O2Si. The maximum atomic E-state index is 12.1. The Hall–Kier alpha value is -2.60. The van der Waals surface area contributed by atoms with Crippen LogP contribution in [0.5, 0.6) is 0 Å². The summed E-state index contributed by atoms with van der Waals surface area (Å²) < 4.78 is 5.45. The number of esters is 1. The minimum absolute atomic E-state index is 0.160. The van der Waals surface area contributed by atoms with Gasteiger partial charge in [-0.15, -0.1) is 0 Å². The smallest absolute Gasteiger partial charge is 0.306 e. The molecule has 0 fully saturated rings. The highest BCUT2D eigenvalue weighted by Crippen LogP contribution is 2.26. The zero-order valence-corrected chi connectivity index (χ0v) is 22.7. The van der Waals surface area contributed by atoms with E-state index in [0.29, 0.717) is 19.4 Å². The first-order valence-corrected chi connectivity index (χ1v) is 14.7. The van der Waals surface area contributed by atoms with Gasteiger partial charge in [0.2, 0.25) is 0 Å². The van der Waals surface area contributed by atoms with Gasteiger partial charge in [-0.3, -0.25) is 9.79 Å². The lowest BCUT2D eigenvalue weighted by Gasteiger charge is -2.36. The summed E-state index contributed by atoms with van der Waals surface area (Å²) in [5, 5.41) is 2.84. The van der Waals surface area contributed by atoms with Crippen LogP contribution in [0.15, 0.2) is 41.4 Å². The lowest BCUT2D eigenvalue weighted by atomic mass is 9.99. The van der Waals surface area contributed by atoms with Crippen molar-refractivity contribution in [2.75, 3.05) is 44.5 Å². The second-order valence-corrected chi connectivity index (χ2v) is 15.1. The molecule has 0 spiro atoms. The molecule has 0 saturated carbocycles.